The second kappa shape index (κ2) is 8.86. The number of rotatable bonds is 7. The largest absolute Gasteiger partial charge is 0.299 e. The molecule has 3 aliphatic carbocycles. The van der Waals surface area contributed by atoms with Gasteiger partial charge in [0.1, 0.15) is 0 Å². The molecule has 6 atom stereocenters. The average Bonchev–Trinajstić information content (AvgIpc) is 3.02. The lowest BCUT2D eigenvalue weighted by atomic mass is 9.47. The normalized spacial score (nSPS) is 42.3. The van der Waals surface area contributed by atoms with E-state index in [9.17, 15) is 0 Å². The van der Waals surface area contributed by atoms with E-state index in [2.05, 4.69) is 52.6 Å². The summed E-state index contributed by atoms with van der Waals surface area (Å²) in [6.45, 7) is 17.8. The van der Waals surface area contributed by atoms with Crippen molar-refractivity contribution in [1.82, 2.24) is 5.32 Å². The summed E-state index contributed by atoms with van der Waals surface area (Å²) < 4.78 is 0. The zero-order valence-electron chi connectivity index (χ0n) is 19.2. The molecule has 0 aromatic heterocycles. The van der Waals surface area contributed by atoms with Gasteiger partial charge < -0.3 is 0 Å². The van der Waals surface area contributed by atoms with E-state index in [1.165, 1.54) is 57.1 Å². The van der Waals surface area contributed by atoms with Crippen LogP contribution in [0.25, 0.3) is 0 Å². The standard InChI is InChI=1S/C26H44N2/c1-7-10-20-11-12-21-23-14-13-22(19(4)28-18-27-9-3)26(23,6)17-15-24(21)25(20,5)16-8-2/h7,10,21-24,27H,1,8-9,11-18H2,2-6H3/b20-10-,28-19+. The Kier molecular flexibility index (Phi) is 6.90. The molecule has 0 heterocycles. The Bertz CT molecular complexity index is 618. The lowest BCUT2D eigenvalue weighted by Gasteiger charge is -2.57. The van der Waals surface area contributed by atoms with Gasteiger partial charge in [0.2, 0.25) is 0 Å². The predicted octanol–water partition coefficient (Wildman–Crippen LogP) is 6.79. The number of nitrogens with one attached hydrogen (secondary N) is 1. The summed E-state index contributed by atoms with van der Waals surface area (Å²) in [4.78, 5) is 4.92. The fourth-order valence-electron chi connectivity index (χ4n) is 7.70. The highest BCUT2D eigenvalue weighted by Crippen LogP contribution is 2.66. The van der Waals surface area contributed by atoms with Crippen molar-refractivity contribution in [1.29, 1.82) is 0 Å². The first kappa shape index (κ1) is 21.8. The number of nitrogens with zero attached hydrogens (tertiary/aromatic N) is 1. The Hall–Kier alpha value is -0.890. The molecule has 158 valence electrons. The molecular formula is C26H44N2. The maximum absolute atomic E-state index is 4.92. The smallest absolute Gasteiger partial charge is 0.0883 e. The van der Waals surface area contributed by atoms with Gasteiger partial charge in [0.15, 0.2) is 0 Å². The van der Waals surface area contributed by atoms with Crippen molar-refractivity contribution in [2.75, 3.05) is 13.2 Å². The van der Waals surface area contributed by atoms with Gasteiger partial charge in [-0.15, -0.1) is 0 Å². The lowest BCUT2D eigenvalue weighted by molar-refractivity contribution is -0.0408. The van der Waals surface area contributed by atoms with Gasteiger partial charge in [-0.1, -0.05) is 58.4 Å². The van der Waals surface area contributed by atoms with E-state index in [-0.39, 0.29) is 0 Å². The van der Waals surface area contributed by atoms with Gasteiger partial charge in [-0.3, -0.25) is 10.3 Å². The maximum atomic E-state index is 4.92. The quantitative estimate of drug-likeness (QED) is 0.379. The molecule has 2 heteroatoms. The van der Waals surface area contributed by atoms with Crippen molar-refractivity contribution in [2.45, 2.75) is 86.0 Å². The fourth-order valence-corrected chi connectivity index (χ4v) is 7.70. The molecule has 0 aromatic carbocycles. The highest BCUT2D eigenvalue weighted by Gasteiger charge is 2.58. The summed E-state index contributed by atoms with van der Waals surface area (Å²) in [6.07, 6.45) is 15.3. The number of hydrogen-bond donors (Lipinski definition) is 1. The molecule has 2 nitrogen and oxygen atoms in total. The molecule has 1 N–H and O–H groups in total. The highest BCUT2D eigenvalue weighted by atomic mass is 15.0. The molecule has 6 unspecified atom stereocenters. The van der Waals surface area contributed by atoms with Crippen LogP contribution in [-0.2, 0) is 0 Å². The van der Waals surface area contributed by atoms with Gasteiger partial charge >= 0.3 is 0 Å². The minimum atomic E-state index is 0.388. The van der Waals surface area contributed by atoms with E-state index in [1.807, 2.05) is 6.08 Å². The number of allylic oxidation sites excluding steroid dienone is 3. The van der Waals surface area contributed by atoms with Crippen LogP contribution in [-0.4, -0.2) is 18.9 Å². The molecule has 3 saturated carbocycles. The van der Waals surface area contributed by atoms with Crippen molar-refractivity contribution >= 4 is 5.71 Å². The van der Waals surface area contributed by atoms with E-state index >= 15 is 0 Å². The molecule has 0 aromatic rings. The van der Waals surface area contributed by atoms with Gasteiger partial charge in [0.05, 0.1) is 6.67 Å². The maximum Gasteiger partial charge on any atom is 0.0883 e. The first-order valence-electron chi connectivity index (χ1n) is 12.0. The van der Waals surface area contributed by atoms with Gasteiger partial charge in [-0.25, -0.2) is 0 Å². The third-order valence-electron chi connectivity index (χ3n) is 9.02. The molecule has 28 heavy (non-hydrogen) atoms. The van der Waals surface area contributed by atoms with Crippen LogP contribution >= 0.6 is 0 Å². The summed E-state index contributed by atoms with van der Waals surface area (Å²) >= 11 is 0. The molecule has 0 radical (unpaired) electrons. The van der Waals surface area contributed by atoms with Gasteiger partial charge in [-0.05, 0) is 87.0 Å². The summed E-state index contributed by atoms with van der Waals surface area (Å²) in [5, 5.41) is 3.37. The van der Waals surface area contributed by atoms with Crippen LogP contribution in [0, 0.1) is 34.5 Å². The zero-order valence-corrected chi connectivity index (χ0v) is 19.2. The SMILES string of the molecule is C=C/C=C1/CCC2C(CCC3(C)C(/C(C)=N/CNCC)CCC23)C1(C)CCC. The molecule has 0 spiro atoms. The molecule has 0 bridgehead atoms. The highest BCUT2D eigenvalue weighted by molar-refractivity contribution is 5.85. The first-order valence-corrected chi connectivity index (χ1v) is 12.0. The van der Waals surface area contributed by atoms with Crippen LogP contribution in [0.4, 0.5) is 0 Å². The van der Waals surface area contributed by atoms with Crippen LogP contribution in [0.1, 0.15) is 86.0 Å². The molecule has 0 amide bonds. The van der Waals surface area contributed by atoms with Crippen LogP contribution in [0.3, 0.4) is 0 Å². The van der Waals surface area contributed by atoms with Crippen LogP contribution in [0.5, 0.6) is 0 Å². The van der Waals surface area contributed by atoms with Gasteiger partial charge in [-0.2, -0.15) is 0 Å². The summed E-state index contributed by atoms with van der Waals surface area (Å²) in [7, 11) is 0. The minimum Gasteiger partial charge on any atom is -0.299 e. The molecule has 3 rings (SSSR count). The summed E-state index contributed by atoms with van der Waals surface area (Å²) in [5.41, 5.74) is 3.95. The third kappa shape index (κ3) is 3.66. The van der Waals surface area contributed by atoms with Crippen molar-refractivity contribution in [3.63, 3.8) is 0 Å². The Morgan fingerprint density at radius 3 is 2.64 bits per heavy atom. The summed E-state index contributed by atoms with van der Waals surface area (Å²) in [5.74, 6) is 3.36. The van der Waals surface area contributed by atoms with E-state index < -0.39 is 0 Å². The van der Waals surface area contributed by atoms with Crippen LogP contribution < -0.4 is 5.32 Å². The molecule has 3 fully saturated rings. The Morgan fingerprint density at radius 2 is 1.96 bits per heavy atom. The third-order valence-corrected chi connectivity index (χ3v) is 9.02. The number of aliphatic imine (C=N–C) groups is 1. The van der Waals surface area contributed by atoms with Gasteiger partial charge in [0.25, 0.3) is 0 Å². The Balaban J connectivity index is 1.84. The fraction of sp³-hybridized carbons (Fsp3) is 0.808. The topological polar surface area (TPSA) is 24.4 Å². The molecule has 0 aliphatic heterocycles. The number of fused-ring (bicyclic) bond motifs is 3. The van der Waals surface area contributed by atoms with E-state index in [0.717, 1.165) is 31.0 Å². The Labute approximate surface area is 174 Å². The van der Waals surface area contributed by atoms with Crippen molar-refractivity contribution in [3.05, 3.63) is 24.3 Å². The average molecular weight is 385 g/mol. The van der Waals surface area contributed by atoms with Crippen molar-refractivity contribution in [2.24, 2.45) is 39.5 Å². The molecular weight excluding hydrogens is 340 g/mol. The Morgan fingerprint density at radius 1 is 1.18 bits per heavy atom. The zero-order chi connectivity index (χ0) is 20.4. The second-order valence-electron chi connectivity index (χ2n) is 10.2. The second-order valence-corrected chi connectivity index (χ2v) is 10.2. The van der Waals surface area contributed by atoms with Crippen molar-refractivity contribution in [3.8, 4) is 0 Å². The molecule has 3 aliphatic rings. The predicted molar refractivity (Wildman–Crippen MR) is 123 cm³/mol. The monoisotopic (exact) mass is 384 g/mol. The minimum absolute atomic E-state index is 0.388. The van der Waals surface area contributed by atoms with Crippen LogP contribution in [0.2, 0.25) is 0 Å². The van der Waals surface area contributed by atoms with Crippen LogP contribution in [0.15, 0.2) is 29.3 Å². The van der Waals surface area contributed by atoms with Gasteiger partial charge in [0, 0.05) is 11.6 Å². The van der Waals surface area contributed by atoms with E-state index in [4.69, 9.17) is 4.99 Å². The van der Waals surface area contributed by atoms with E-state index in [1.54, 1.807) is 5.57 Å². The van der Waals surface area contributed by atoms with E-state index in [0.29, 0.717) is 16.7 Å². The number of hydrogen-bond acceptors (Lipinski definition) is 2. The summed E-state index contributed by atoms with van der Waals surface area (Å²) in [6, 6.07) is 0. The van der Waals surface area contributed by atoms with Crippen molar-refractivity contribution < 1.29 is 0 Å². The lowest BCUT2D eigenvalue weighted by Crippen LogP contribution is -2.50. The molecule has 0 saturated heterocycles. The first-order chi connectivity index (χ1) is 13.4.